The molecule has 0 aliphatic rings. The van der Waals surface area contributed by atoms with Crippen molar-refractivity contribution in [3.63, 3.8) is 0 Å². The molecule has 2 rings (SSSR count). The van der Waals surface area contributed by atoms with E-state index in [1.165, 1.54) is 12.1 Å². The van der Waals surface area contributed by atoms with Crippen LogP contribution in [0.5, 0.6) is 0 Å². The highest BCUT2D eigenvalue weighted by atomic mass is 35.5. The molecule has 0 bridgehead atoms. The van der Waals surface area contributed by atoms with E-state index in [1.54, 1.807) is 12.1 Å². The van der Waals surface area contributed by atoms with Crippen LogP contribution in [0.25, 0.3) is 11.3 Å². The topological polar surface area (TPSA) is 52.0 Å². The predicted molar refractivity (Wildman–Crippen MR) is 51.3 cm³/mol. The highest BCUT2D eigenvalue weighted by Crippen LogP contribution is 2.31. The van der Waals surface area contributed by atoms with Gasteiger partial charge in [-0.05, 0) is 12.1 Å². The Labute approximate surface area is 84.3 Å². The molecule has 0 spiro atoms. The highest BCUT2D eigenvalue weighted by molar-refractivity contribution is 6.35. The number of aromatic nitrogens is 1. The van der Waals surface area contributed by atoms with Crippen LogP contribution in [0.2, 0.25) is 5.02 Å². The number of halogens is 2. The molecule has 14 heavy (non-hydrogen) atoms. The minimum absolute atomic E-state index is 0.0333. The van der Waals surface area contributed by atoms with Gasteiger partial charge < -0.3 is 10.3 Å². The van der Waals surface area contributed by atoms with Crippen LogP contribution in [0.15, 0.2) is 28.8 Å². The third-order valence-electron chi connectivity index (χ3n) is 1.76. The van der Waals surface area contributed by atoms with Gasteiger partial charge in [0.05, 0.1) is 0 Å². The van der Waals surface area contributed by atoms with Crippen LogP contribution < -0.4 is 5.73 Å². The Hall–Kier alpha value is -1.55. The maximum absolute atomic E-state index is 12.9. The molecule has 2 N–H and O–H groups in total. The summed E-state index contributed by atoms with van der Waals surface area (Å²) in [5.41, 5.74) is 6.25. The van der Waals surface area contributed by atoms with Crippen molar-refractivity contribution in [1.82, 2.24) is 5.16 Å². The molecule has 3 nitrogen and oxygen atoms in total. The Balaban J connectivity index is 2.55. The van der Waals surface area contributed by atoms with Gasteiger partial charge in [-0.25, -0.2) is 4.39 Å². The number of anilines is 1. The number of hydrogen-bond donors (Lipinski definition) is 1. The fourth-order valence-corrected chi connectivity index (χ4v) is 1.28. The Kier molecular flexibility index (Phi) is 2.13. The molecular weight excluding hydrogens is 207 g/mol. The maximum Gasteiger partial charge on any atom is 0.241 e. The van der Waals surface area contributed by atoms with E-state index >= 15 is 0 Å². The van der Waals surface area contributed by atoms with E-state index in [2.05, 4.69) is 9.68 Å². The Morgan fingerprint density at radius 1 is 1.43 bits per heavy atom. The number of hydrogen-bond acceptors (Lipinski definition) is 3. The van der Waals surface area contributed by atoms with Gasteiger partial charge in [-0.2, -0.15) is 0 Å². The second-order valence-electron chi connectivity index (χ2n) is 2.72. The first-order chi connectivity index (χ1) is 6.68. The average molecular weight is 213 g/mol. The first-order valence-electron chi connectivity index (χ1n) is 3.85. The van der Waals surface area contributed by atoms with Crippen molar-refractivity contribution >= 4 is 17.5 Å². The first kappa shape index (κ1) is 9.02. The summed E-state index contributed by atoms with van der Waals surface area (Å²) in [4.78, 5) is 0. The SMILES string of the molecule is Nc1onc(-c2cccc(F)c2)c1Cl. The van der Waals surface area contributed by atoms with Crippen molar-refractivity contribution in [2.45, 2.75) is 0 Å². The van der Waals surface area contributed by atoms with Crippen LogP contribution >= 0.6 is 11.6 Å². The molecule has 0 saturated carbocycles. The molecule has 1 heterocycles. The van der Waals surface area contributed by atoms with Crippen molar-refractivity contribution in [2.24, 2.45) is 0 Å². The van der Waals surface area contributed by atoms with Gasteiger partial charge in [0.2, 0.25) is 5.88 Å². The average Bonchev–Trinajstić information content (AvgIpc) is 2.48. The van der Waals surface area contributed by atoms with E-state index in [0.717, 1.165) is 0 Å². The monoisotopic (exact) mass is 212 g/mol. The lowest BCUT2D eigenvalue weighted by atomic mass is 10.1. The summed E-state index contributed by atoms with van der Waals surface area (Å²) >= 11 is 5.79. The molecule has 0 unspecified atom stereocenters. The summed E-state index contributed by atoms with van der Waals surface area (Å²) in [5, 5.41) is 3.83. The van der Waals surface area contributed by atoms with Crippen LogP contribution in [-0.4, -0.2) is 5.16 Å². The van der Waals surface area contributed by atoms with Crippen molar-refractivity contribution in [3.8, 4) is 11.3 Å². The zero-order valence-corrected chi connectivity index (χ0v) is 7.75. The summed E-state index contributed by atoms with van der Waals surface area (Å²) in [5.74, 6) is -0.328. The molecule has 72 valence electrons. The van der Waals surface area contributed by atoms with Gasteiger partial charge in [-0.1, -0.05) is 28.9 Å². The molecule has 1 aromatic carbocycles. The van der Waals surface area contributed by atoms with Gasteiger partial charge in [-0.15, -0.1) is 0 Å². The third-order valence-corrected chi connectivity index (χ3v) is 2.12. The van der Waals surface area contributed by atoms with Crippen LogP contribution in [0.4, 0.5) is 10.3 Å². The lowest BCUT2D eigenvalue weighted by Gasteiger charge is -1.95. The minimum atomic E-state index is -0.361. The number of benzene rings is 1. The molecule has 2 aromatic rings. The quantitative estimate of drug-likeness (QED) is 0.791. The minimum Gasteiger partial charge on any atom is -0.366 e. The molecule has 0 fully saturated rings. The van der Waals surface area contributed by atoms with Crippen LogP contribution in [-0.2, 0) is 0 Å². The molecule has 0 radical (unpaired) electrons. The van der Waals surface area contributed by atoms with Crippen molar-refractivity contribution in [3.05, 3.63) is 35.1 Å². The summed E-state index contributed by atoms with van der Waals surface area (Å²) in [7, 11) is 0. The van der Waals surface area contributed by atoms with Crippen molar-refractivity contribution in [2.75, 3.05) is 5.73 Å². The van der Waals surface area contributed by atoms with Crippen LogP contribution in [0, 0.1) is 5.82 Å². The first-order valence-corrected chi connectivity index (χ1v) is 4.23. The van der Waals surface area contributed by atoms with Crippen molar-refractivity contribution in [1.29, 1.82) is 0 Å². The molecule has 0 atom stereocenters. The van der Waals surface area contributed by atoms with Crippen LogP contribution in [0.1, 0.15) is 0 Å². The summed E-state index contributed by atoms with van der Waals surface area (Å²) in [6.45, 7) is 0. The summed E-state index contributed by atoms with van der Waals surface area (Å²) in [6, 6.07) is 5.88. The fraction of sp³-hybridized carbons (Fsp3) is 0. The van der Waals surface area contributed by atoms with E-state index in [9.17, 15) is 4.39 Å². The van der Waals surface area contributed by atoms with Gasteiger partial charge in [0, 0.05) is 5.56 Å². The number of rotatable bonds is 1. The van der Waals surface area contributed by atoms with Gasteiger partial charge in [-0.3, -0.25) is 0 Å². The number of nitrogen functional groups attached to an aromatic ring is 1. The predicted octanol–water partition coefficient (Wildman–Crippen LogP) is 2.72. The second-order valence-corrected chi connectivity index (χ2v) is 3.10. The van der Waals surface area contributed by atoms with Crippen molar-refractivity contribution < 1.29 is 8.91 Å². The van der Waals surface area contributed by atoms with E-state index in [-0.39, 0.29) is 16.7 Å². The van der Waals surface area contributed by atoms with Gasteiger partial charge in [0.1, 0.15) is 16.5 Å². The van der Waals surface area contributed by atoms with Gasteiger partial charge in [0.15, 0.2) is 0 Å². The zero-order chi connectivity index (χ0) is 10.1. The maximum atomic E-state index is 12.9. The molecule has 0 saturated heterocycles. The summed E-state index contributed by atoms with van der Waals surface area (Å²) < 4.78 is 17.5. The van der Waals surface area contributed by atoms with Gasteiger partial charge in [0.25, 0.3) is 0 Å². The second kappa shape index (κ2) is 3.31. The zero-order valence-electron chi connectivity index (χ0n) is 7.00. The lowest BCUT2D eigenvalue weighted by Crippen LogP contribution is -1.82. The molecule has 0 aliphatic carbocycles. The Morgan fingerprint density at radius 3 is 2.79 bits per heavy atom. The highest BCUT2D eigenvalue weighted by Gasteiger charge is 2.13. The molecule has 1 aromatic heterocycles. The standard InChI is InChI=1S/C9H6ClFN2O/c10-7-8(13-14-9(7)12)5-2-1-3-6(11)4-5/h1-4H,12H2. The third kappa shape index (κ3) is 1.44. The normalized spacial score (nSPS) is 10.4. The Bertz CT molecular complexity index is 470. The molecular formula is C9H6ClFN2O. The Morgan fingerprint density at radius 2 is 2.21 bits per heavy atom. The van der Waals surface area contributed by atoms with E-state index in [1.807, 2.05) is 0 Å². The van der Waals surface area contributed by atoms with E-state index in [0.29, 0.717) is 11.3 Å². The van der Waals surface area contributed by atoms with E-state index < -0.39 is 0 Å². The molecule has 0 aliphatic heterocycles. The van der Waals surface area contributed by atoms with Crippen LogP contribution in [0.3, 0.4) is 0 Å². The molecule has 5 heteroatoms. The van der Waals surface area contributed by atoms with Gasteiger partial charge >= 0.3 is 0 Å². The van der Waals surface area contributed by atoms with E-state index in [4.69, 9.17) is 17.3 Å². The largest absolute Gasteiger partial charge is 0.366 e. The summed E-state index contributed by atoms with van der Waals surface area (Å²) in [6.07, 6.45) is 0. The molecule has 0 amide bonds. The number of nitrogens with zero attached hydrogens (tertiary/aromatic N) is 1. The smallest absolute Gasteiger partial charge is 0.241 e. The fourth-order valence-electron chi connectivity index (χ4n) is 1.11. The number of nitrogens with two attached hydrogens (primary N) is 1. The lowest BCUT2D eigenvalue weighted by molar-refractivity contribution is 0.439.